The lowest BCUT2D eigenvalue weighted by Crippen LogP contribution is -2.32. The summed E-state index contributed by atoms with van der Waals surface area (Å²) in [6.45, 7) is 5.64. The zero-order valence-electron chi connectivity index (χ0n) is 12.9. The van der Waals surface area contributed by atoms with E-state index in [0.29, 0.717) is 13.0 Å². The number of carbonyl (C=O) groups is 2. The molecule has 6 heteroatoms. The number of hydrogen-bond acceptors (Lipinski definition) is 3. The second kappa shape index (κ2) is 7.59. The molecule has 0 atom stereocenters. The minimum Gasteiger partial charge on any atom is -0.478 e. The van der Waals surface area contributed by atoms with Crippen molar-refractivity contribution in [3.63, 3.8) is 0 Å². The highest BCUT2D eigenvalue weighted by atomic mass is 19.1. The Balaban J connectivity index is 2.52. The summed E-state index contributed by atoms with van der Waals surface area (Å²) in [5.74, 6) is -1.62. The normalized spacial score (nSPS) is 11.5. The van der Waals surface area contributed by atoms with E-state index in [4.69, 9.17) is 9.84 Å². The average molecular weight is 309 g/mol. The Morgan fingerprint density at radius 1 is 1.36 bits per heavy atom. The zero-order chi connectivity index (χ0) is 16.8. The molecule has 1 aromatic carbocycles. The molecule has 1 amide bonds. The van der Waals surface area contributed by atoms with Gasteiger partial charge in [0.1, 0.15) is 11.4 Å². The Morgan fingerprint density at radius 2 is 2.05 bits per heavy atom. The maximum Gasteiger partial charge on any atom is 0.407 e. The zero-order valence-corrected chi connectivity index (χ0v) is 12.9. The van der Waals surface area contributed by atoms with Gasteiger partial charge in [-0.15, -0.1) is 0 Å². The van der Waals surface area contributed by atoms with Gasteiger partial charge in [-0.1, -0.05) is 12.2 Å². The third-order valence-electron chi connectivity index (χ3n) is 2.52. The molecule has 0 aliphatic rings. The molecule has 0 unspecified atom stereocenters. The lowest BCUT2D eigenvalue weighted by Gasteiger charge is -2.19. The van der Waals surface area contributed by atoms with Crippen LogP contribution in [0.15, 0.2) is 24.3 Å². The van der Waals surface area contributed by atoms with Crippen LogP contribution in [0.4, 0.5) is 9.18 Å². The molecule has 22 heavy (non-hydrogen) atoms. The predicted molar refractivity (Wildman–Crippen MR) is 81.2 cm³/mol. The Morgan fingerprint density at radius 3 is 2.64 bits per heavy atom. The highest BCUT2D eigenvalue weighted by Gasteiger charge is 2.15. The molecule has 0 bridgehead atoms. The first-order chi connectivity index (χ1) is 10.2. The Hall–Kier alpha value is -2.37. The van der Waals surface area contributed by atoms with Crippen LogP contribution in [0.3, 0.4) is 0 Å². The number of alkyl carbamates (subject to hydrolysis) is 1. The van der Waals surface area contributed by atoms with Gasteiger partial charge < -0.3 is 15.2 Å². The Labute approximate surface area is 128 Å². The van der Waals surface area contributed by atoms with Crippen LogP contribution >= 0.6 is 0 Å². The van der Waals surface area contributed by atoms with Gasteiger partial charge in [-0.3, -0.25) is 0 Å². The van der Waals surface area contributed by atoms with Crippen LogP contribution in [-0.4, -0.2) is 29.3 Å². The van der Waals surface area contributed by atoms with Crippen molar-refractivity contribution in [2.24, 2.45) is 0 Å². The number of amides is 1. The number of rotatable bonds is 5. The van der Waals surface area contributed by atoms with Crippen LogP contribution < -0.4 is 5.32 Å². The summed E-state index contributed by atoms with van der Waals surface area (Å²) in [5.41, 5.74) is -0.250. The molecule has 1 aromatic rings. The van der Waals surface area contributed by atoms with E-state index in [1.165, 1.54) is 12.1 Å². The first kappa shape index (κ1) is 17.7. The largest absolute Gasteiger partial charge is 0.478 e. The van der Waals surface area contributed by atoms with Crippen LogP contribution in [0.2, 0.25) is 0 Å². The summed E-state index contributed by atoms with van der Waals surface area (Å²) in [7, 11) is 0. The minimum atomic E-state index is -1.12. The number of nitrogens with one attached hydrogen (secondary N) is 1. The summed E-state index contributed by atoms with van der Waals surface area (Å²) in [6.07, 6.45) is 3.13. The van der Waals surface area contributed by atoms with E-state index >= 15 is 0 Å². The number of ether oxygens (including phenoxy) is 1. The van der Waals surface area contributed by atoms with E-state index in [1.54, 1.807) is 26.8 Å². The summed E-state index contributed by atoms with van der Waals surface area (Å²) in [5, 5.41) is 11.6. The summed E-state index contributed by atoms with van der Waals surface area (Å²) in [4.78, 5) is 22.4. The van der Waals surface area contributed by atoms with Gasteiger partial charge >= 0.3 is 12.1 Å². The molecular formula is C16H20FNO4. The van der Waals surface area contributed by atoms with Crippen molar-refractivity contribution in [1.29, 1.82) is 0 Å². The van der Waals surface area contributed by atoms with E-state index in [-0.39, 0.29) is 11.1 Å². The van der Waals surface area contributed by atoms with Gasteiger partial charge in [0.25, 0.3) is 0 Å². The number of hydrogen-bond donors (Lipinski definition) is 2. The average Bonchev–Trinajstić information content (AvgIpc) is 2.35. The van der Waals surface area contributed by atoms with Gasteiger partial charge in [0.05, 0.1) is 5.56 Å². The Bertz CT molecular complexity index is 576. The minimum absolute atomic E-state index is 0.0257. The molecule has 0 aliphatic carbocycles. The van der Waals surface area contributed by atoms with Gasteiger partial charge in [0.15, 0.2) is 0 Å². The number of carbonyl (C=O) groups excluding carboxylic acids is 1. The van der Waals surface area contributed by atoms with Crippen molar-refractivity contribution in [2.45, 2.75) is 32.8 Å². The fourth-order valence-corrected chi connectivity index (χ4v) is 1.65. The van der Waals surface area contributed by atoms with Gasteiger partial charge in [-0.25, -0.2) is 14.0 Å². The van der Waals surface area contributed by atoms with Crippen LogP contribution in [0.25, 0.3) is 6.08 Å². The second-order valence-electron chi connectivity index (χ2n) is 5.66. The highest BCUT2D eigenvalue weighted by Crippen LogP contribution is 2.13. The van der Waals surface area contributed by atoms with Crippen LogP contribution in [0.1, 0.15) is 43.1 Å². The second-order valence-corrected chi connectivity index (χ2v) is 5.66. The van der Waals surface area contributed by atoms with E-state index in [0.717, 1.165) is 12.1 Å². The van der Waals surface area contributed by atoms with Gasteiger partial charge in [-0.05, 0) is 51.0 Å². The number of carboxylic acid groups (broad SMARTS) is 1. The predicted octanol–water partition coefficient (Wildman–Crippen LogP) is 3.45. The maximum absolute atomic E-state index is 13.1. The van der Waals surface area contributed by atoms with Crippen molar-refractivity contribution >= 4 is 18.1 Å². The molecular weight excluding hydrogens is 289 g/mol. The van der Waals surface area contributed by atoms with E-state index in [2.05, 4.69) is 5.32 Å². The summed E-state index contributed by atoms with van der Waals surface area (Å²) >= 11 is 0. The van der Waals surface area contributed by atoms with Crippen LogP contribution in [0.5, 0.6) is 0 Å². The highest BCUT2D eigenvalue weighted by molar-refractivity contribution is 5.92. The molecule has 2 N–H and O–H groups in total. The molecule has 0 spiro atoms. The van der Waals surface area contributed by atoms with Crippen molar-refractivity contribution in [3.8, 4) is 0 Å². The molecule has 0 saturated heterocycles. The molecule has 0 heterocycles. The fourth-order valence-electron chi connectivity index (χ4n) is 1.65. The summed E-state index contributed by atoms with van der Waals surface area (Å²) in [6, 6.07) is 3.47. The third kappa shape index (κ3) is 6.39. The molecule has 0 aliphatic heterocycles. The molecule has 0 fully saturated rings. The van der Waals surface area contributed by atoms with Crippen molar-refractivity contribution in [3.05, 3.63) is 41.2 Å². The van der Waals surface area contributed by atoms with Crippen molar-refractivity contribution in [1.82, 2.24) is 5.32 Å². The molecule has 5 nitrogen and oxygen atoms in total. The molecule has 1 rings (SSSR count). The molecule has 0 saturated carbocycles. The summed E-state index contributed by atoms with van der Waals surface area (Å²) < 4.78 is 18.2. The lowest BCUT2D eigenvalue weighted by molar-refractivity contribution is 0.0528. The monoisotopic (exact) mass is 309 g/mol. The maximum atomic E-state index is 13.1. The smallest absolute Gasteiger partial charge is 0.407 e. The quantitative estimate of drug-likeness (QED) is 0.817. The Kier molecular flexibility index (Phi) is 6.10. The van der Waals surface area contributed by atoms with E-state index in [1.807, 2.05) is 0 Å². The topological polar surface area (TPSA) is 75.6 Å². The van der Waals surface area contributed by atoms with Crippen molar-refractivity contribution < 1.29 is 23.8 Å². The van der Waals surface area contributed by atoms with Gasteiger partial charge in [0, 0.05) is 6.54 Å². The third-order valence-corrected chi connectivity index (χ3v) is 2.52. The van der Waals surface area contributed by atoms with Gasteiger partial charge in [0.2, 0.25) is 0 Å². The van der Waals surface area contributed by atoms with Crippen LogP contribution in [-0.2, 0) is 4.74 Å². The standard InChI is InChI=1S/C16H20FNO4/c1-16(2,3)22-15(21)18-9-5-4-6-11-10-12(17)7-8-13(11)14(19)20/h4,6-8,10H,5,9H2,1-3H3,(H,18,21)(H,19,20). The number of halogens is 1. The molecule has 120 valence electrons. The number of aromatic carboxylic acids is 1. The first-order valence-corrected chi connectivity index (χ1v) is 6.85. The first-order valence-electron chi connectivity index (χ1n) is 6.85. The lowest BCUT2D eigenvalue weighted by atomic mass is 10.1. The van der Waals surface area contributed by atoms with E-state index in [9.17, 15) is 14.0 Å². The molecule has 0 radical (unpaired) electrons. The fraction of sp³-hybridized carbons (Fsp3) is 0.375. The van der Waals surface area contributed by atoms with Crippen LogP contribution in [0, 0.1) is 5.82 Å². The number of benzene rings is 1. The number of carboxylic acids is 1. The van der Waals surface area contributed by atoms with Gasteiger partial charge in [-0.2, -0.15) is 0 Å². The SMILES string of the molecule is CC(C)(C)OC(=O)NCCC=Cc1cc(F)ccc1C(=O)O. The van der Waals surface area contributed by atoms with E-state index < -0.39 is 23.5 Å². The molecule has 0 aromatic heterocycles. The van der Waals surface area contributed by atoms with Crippen molar-refractivity contribution in [2.75, 3.05) is 6.54 Å².